The molecule has 0 aliphatic heterocycles. The van der Waals surface area contributed by atoms with Crippen LogP contribution >= 0.6 is 11.3 Å². The van der Waals surface area contributed by atoms with Crippen LogP contribution in [0.5, 0.6) is 0 Å². The Morgan fingerprint density at radius 1 is 1.11 bits per heavy atom. The van der Waals surface area contributed by atoms with E-state index in [1.54, 1.807) is 35.9 Å². The molecule has 27 heavy (non-hydrogen) atoms. The molecule has 5 nitrogen and oxygen atoms in total. The standard InChI is InChI=1S/C21H17N3O2S/c1-13-5-7-14(8-6-13)11-22-20-19-17(23-12-24-20)10-18(27-19)15-3-2-4-16(9-15)21(25)26/h2-10,12H,11H2,1H3,(H,25,26)(H,22,23,24). The summed E-state index contributed by atoms with van der Waals surface area (Å²) in [4.78, 5) is 20.9. The van der Waals surface area contributed by atoms with E-state index in [2.05, 4.69) is 46.5 Å². The number of hydrogen-bond donors (Lipinski definition) is 2. The normalized spacial score (nSPS) is 10.9. The highest BCUT2D eigenvalue weighted by Crippen LogP contribution is 2.36. The minimum Gasteiger partial charge on any atom is -0.478 e. The van der Waals surface area contributed by atoms with Gasteiger partial charge in [0.1, 0.15) is 12.1 Å². The van der Waals surface area contributed by atoms with Gasteiger partial charge in [0.2, 0.25) is 0 Å². The zero-order valence-electron chi connectivity index (χ0n) is 14.6. The summed E-state index contributed by atoms with van der Waals surface area (Å²) in [5, 5.41) is 12.6. The van der Waals surface area contributed by atoms with Gasteiger partial charge in [0, 0.05) is 11.4 Å². The maximum atomic E-state index is 11.2. The van der Waals surface area contributed by atoms with Crippen LogP contribution in [-0.2, 0) is 6.54 Å². The molecule has 2 aromatic carbocycles. The molecule has 2 heterocycles. The molecule has 0 saturated carbocycles. The number of carbonyl (C=O) groups is 1. The van der Waals surface area contributed by atoms with Gasteiger partial charge in [-0.15, -0.1) is 11.3 Å². The summed E-state index contributed by atoms with van der Waals surface area (Å²) in [7, 11) is 0. The number of carboxylic acids is 1. The Hall–Kier alpha value is -3.25. The van der Waals surface area contributed by atoms with Gasteiger partial charge in [-0.3, -0.25) is 0 Å². The van der Waals surface area contributed by atoms with Crippen molar-refractivity contribution in [3.05, 3.63) is 77.6 Å². The Bertz CT molecular complexity index is 1120. The maximum absolute atomic E-state index is 11.2. The highest BCUT2D eigenvalue weighted by molar-refractivity contribution is 7.22. The number of hydrogen-bond acceptors (Lipinski definition) is 5. The number of fused-ring (bicyclic) bond motifs is 1. The smallest absolute Gasteiger partial charge is 0.335 e. The highest BCUT2D eigenvalue weighted by Gasteiger charge is 2.12. The molecule has 0 amide bonds. The van der Waals surface area contributed by atoms with Gasteiger partial charge >= 0.3 is 5.97 Å². The van der Waals surface area contributed by atoms with Crippen LogP contribution in [0.3, 0.4) is 0 Å². The average Bonchev–Trinajstić information content (AvgIpc) is 3.12. The lowest BCUT2D eigenvalue weighted by molar-refractivity contribution is 0.0697. The molecule has 4 rings (SSSR count). The molecule has 0 spiro atoms. The molecule has 0 aliphatic carbocycles. The predicted molar refractivity (Wildman–Crippen MR) is 108 cm³/mol. The van der Waals surface area contributed by atoms with E-state index in [1.165, 1.54) is 11.1 Å². The monoisotopic (exact) mass is 375 g/mol. The van der Waals surface area contributed by atoms with E-state index in [1.807, 2.05) is 12.1 Å². The summed E-state index contributed by atoms with van der Waals surface area (Å²) in [5.41, 5.74) is 4.39. The molecule has 0 atom stereocenters. The fraction of sp³-hybridized carbons (Fsp3) is 0.0952. The van der Waals surface area contributed by atoms with E-state index in [0.717, 1.165) is 26.5 Å². The van der Waals surface area contributed by atoms with Crippen molar-refractivity contribution in [1.82, 2.24) is 9.97 Å². The molecule has 2 aromatic heterocycles. The van der Waals surface area contributed by atoms with Gasteiger partial charge in [0.25, 0.3) is 0 Å². The second-order valence-electron chi connectivity index (χ2n) is 6.27. The van der Waals surface area contributed by atoms with Crippen molar-refractivity contribution in [1.29, 1.82) is 0 Å². The SMILES string of the molecule is Cc1ccc(CNc2ncnc3cc(-c4cccc(C(=O)O)c4)sc23)cc1. The summed E-state index contributed by atoms with van der Waals surface area (Å²) in [6.45, 7) is 2.74. The second kappa shape index (κ2) is 7.17. The molecule has 0 aliphatic rings. The topological polar surface area (TPSA) is 75.1 Å². The van der Waals surface area contributed by atoms with E-state index < -0.39 is 5.97 Å². The quantitative estimate of drug-likeness (QED) is 0.515. The van der Waals surface area contributed by atoms with Crippen LogP contribution in [0.4, 0.5) is 5.82 Å². The molecule has 0 unspecified atom stereocenters. The Labute approximate surface area is 160 Å². The first-order valence-electron chi connectivity index (χ1n) is 8.48. The van der Waals surface area contributed by atoms with E-state index >= 15 is 0 Å². The Kier molecular flexibility index (Phi) is 4.56. The summed E-state index contributed by atoms with van der Waals surface area (Å²) < 4.78 is 0.959. The van der Waals surface area contributed by atoms with Crippen molar-refractivity contribution >= 4 is 33.3 Å². The molecule has 0 saturated heterocycles. The van der Waals surface area contributed by atoms with Crippen molar-refractivity contribution in [2.75, 3.05) is 5.32 Å². The van der Waals surface area contributed by atoms with Crippen LogP contribution < -0.4 is 5.32 Å². The first-order chi connectivity index (χ1) is 13.1. The van der Waals surface area contributed by atoms with Crippen molar-refractivity contribution in [2.24, 2.45) is 0 Å². The van der Waals surface area contributed by atoms with Crippen molar-refractivity contribution < 1.29 is 9.90 Å². The third-order valence-corrected chi connectivity index (χ3v) is 5.47. The number of carboxylic acid groups (broad SMARTS) is 1. The first kappa shape index (κ1) is 17.2. The molecular weight excluding hydrogens is 358 g/mol. The van der Waals surface area contributed by atoms with Gasteiger partial charge in [-0.25, -0.2) is 14.8 Å². The first-order valence-corrected chi connectivity index (χ1v) is 9.29. The number of anilines is 1. The van der Waals surface area contributed by atoms with Gasteiger partial charge in [0.05, 0.1) is 15.8 Å². The van der Waals surface area contributed by atoms with E-state index in [9.17, 15) is 9.90 Å². The number of aryl methyl sites for hydroxylation is 1. The van der Waals surface area contributed by atoms with Crippen molar-refractivity contribution in [3.8, 4) is 10.4 Å². The van der Waals surface area contributed by atoms with Crippen LogP contribution in [-0.4, -0.2) is 21.0 Å². The largest absolute Gasteiger partial charge is 0.478 e. The van der Waals surface area contributed by atoms with Gasteiger partial charge in [-0.05, 0) is 36.2 Å². The predicted octanol–water partition coefficient (Wildman–Crippen LogP) is 4.98. The zero-order chi connectivity index (χ0) is 18.8. The fourth-order valence-corrected chi connectivity index (χ4v) is 3.89. The summed E-state index contributed by atoms with van der Waals surface area (Å²) in [6, 6.07) is 17.3. The number of aromatic carboxylic acids is 1. The number of thiophene rings is 1. The molecule has 4 aromatic rings. The van der Waals surface area contributed by atoms with Crippen molar-refractivity contribution in [3.63, 3.8) is 0 Å². The van der Waals surface area contributed by atoms with Crippen molar-refractivity contribution in [2.45, 2.75) is 13.5 Å². The summed E-state index contributed by atoms with van der Waals surface area (Å²) in [6.07, 6.45) is 1.55. The van der Waals surface area contributed by atoms with E-state index in [-0.39, 0.29) is 5.56 Å². The number of benzene rings is 2. The molecule has 0 bridgehead atoms. The molecular formula is C21H17N3O2S. The second-order valence-corrected chi connectivity index (χ2v) is 7.32. The number of nitrogens with one attached hydrogen (secondary N) is 1. The summed E-state index contributed by atoms with van der Waals surface area (Å²) >= 11 is 1.55. The Morgan fingerprint density at radius 2 is 1.93 bits per heavy atom. The highest BCUT2D eigenvalue weighted by atomic mass is 32.1. The van der Waals surface area contributed by atoms with Crippen LogP contribution in [0.25, 0.3) is 20.7 Å². The minimum absolute atomic E-state index is 0.272. The van der Waals surface area contributed by atoms with Crippen LogP contribution in [0, 0.1) is 6.92 Å². The number of aromatic nitrogens is 2. The lowest BCUT2D eigenvalue weighted by Gasteiger charge is -2.06. The fourth-order valence-electron chi connectivity index (χ4n) is 2.82. The van der Waals surface area contributed by atoms with Gasteiger partial charge in [-0.2, -0.15) is 0 Å². The molecule has 134 valence electrons. The van der Waals surface area contributed by atoms with Gasteiger partial charge < -0.3 is 10.4 Å². The summed E-state index contributed by atoms with van der Waals surface area (Å²) in [5.74, 6) is -0.149. The third-order valence-electron chi connectivity index (χ3n) is 4.29. The maximum Gasteiger partial charge on any atom is 0.335 e. The van der Waals surface area contributed by atoms with Crippen LogP contribution in [0.15, 0.2) is 60.9 Å². The lowest BCUT2D eigenvalue weighted by Crippen LogP contribution is -2.01. The average molecular weight is 375 g/mol. The van der Waals surface area contributed by atoms with E-state index in [4.69, 9.17) is 0 Å². The van der Waals surface area contributed by atoms with Gasteiger partial charge in [-0.1, -0.05) is 42.0 Å². The number of rotatable bonds is 5. The van der Waals surface area contributed by atoms with Crippen LogP contribution in [0.1, 0.15) is 21.5 Å². The third kappa shape index (κ3) is 3.66. The Balaban J connectivity index is 1.65. The molecule has 0 radical (unpaired) electrons. The zero-order valence-corrected chi connectivity index (χ0v) is 15.5. The van der Waals surface area contributed by atoms with Crippen LogP contribution in [0.2, 0.25) is 0 Å². The molecule has 6 heteroatoms. The van der Waals surface area contributed by atoms with E-state index in [0.29, 0.717) is 6.54 Å². The lowest BCUT2D eigenvalue weighted by atomic mass is 10.1. The number of nitrogens with zero attached hydrogens (tertiary/aromatic N) is 2. The molecule has 2 N–H and O–H groups in total. The Morgan fingerprint density at radius 3 is 2.70 bits per heavy atom. The van der Waals surface area contributed by atoms with Gasteiger partial charge in [0.15, 0.2) is 0 Å². The molecule has 0 fully saturated rings. The minimum atomic E-state index is -0.932.